The molecule has 0 aromatic carbocycles. The standard InChI is InChI=1S/C46H76NO8P/c1-6-8-10-12-14-16-18-20-22-23-25-27-29-31-33-35-37-39-46(49)55-44(43-54-56(50,51)53-41-40-47(3,4)5)42-52-45(48)38-36-34-32-30-28-26-24-21-19-17-15-13-11-9-7-2/h9,11,13-17,19-22,24-25,27,31,33,44H,6-8,10,12,18,23,26,28-30,32,34-43H2,1-5H3/b11-9+,15-13+,16-14+,19-17+,22-20+,24-21+,27-25+,33-31+/t44-/m1/s1. The molecule has 56 heavy (non-hydrogen) atoms. The van der Waals surface area contributed by atoms with Gasteiger partial charge in [-0.25, -0.2) is 0 Å². The van der Waals surface area contributed by atoms with Crippen LogP contribution in [0.15, 0.2) is 97.2 Å². The molecule has 0 saturated carbocycles. The number of quaternary nitrogens is 1. The van der Waals surface area contributed by atoms with Crippen LogP contribution in [0.4, 0.5) is 0 Å². The Bertz CT molecular complexity index is 1270. The zero-order chi connectivity index (χ0) is 41.4. The molecule has 0 aromatic heterocycles. The van der Waals surface area contributed by atoms with E-state index in [0.29, 0.717) is 30.3 Å². The number of ether oxygens (including phenoxy) is 2. The van der Waals surface area contributed by atoms with Crippen molar-refractivity contribution in [3.63, 3.8) is 0 Å². The minimum Gasteiger partial charge on any atom is -0.756 e. The fourth-order valence-electron chi connectivity index (χ4n) is 4.89. The maximum atomic E-state index is 12.6. The van der Waals surface area contributed by atoms with Crippen molar-refractivity contribution >= 4 is 19.8 Å². The van der Waals surface area contributed by atoms with E-state index in [-0.39, 0.29) is 26.1 Å². The van der Waals surface area contributed by atoms with Crippen LogP contribution in [0.3, 0.4) is 0 Å². The van der Waals surface area contributed by atoms with Crippen molar-refractivity contribution in [2.24, 2.45) is 0 Å². The molecule has 0 N–H and O–H groups in total. The largest absolute Gasteiger partial charge is 0.756 e. The van der Waals surface area contributed by atoms with Gasteiger partial charge >= 0.3 is 11.9 Å². The van der Waals surface area contributed by atoms with Crippen molar-refractivity contribution in [1.29, 1.82) is 0 Å². The molecule has 10 heteroatoms. The fraction of sp³-hybridized carbons (Fsp3) is 0.609. The topological polar surface area (TPSA) is 111 Å². The van der Waals surface area contributed by atoms with E-state index in [4.69, 9.17) is 18.5 Å². The molecule has 0 aliphatic rings. The van der Waals surface area contributed by atoms with Gasteiger partial charge in [0.05, 0.1) is 27.7 Å². The van der Waals surface area contributed by atoms with Gasteiger partial charge in [-0.2, -0.15) is 0 Å². The number of phosphoric acid groups is 1. The summed E-state index contributed by atoms with van der Waals surface area (Å²) in [5.74, 6) is -0.940. The van der Waals surface area contributed by atoms with Gasteiger partial charge in [0.2, 0.25) is 0 Å². The van der Waals surface area contributed by atoms with Crippen LogP contribution in [0.25, 0.3) is 0 Å². The number of carbonyl (C=O) groups is 2. The molecule has 0 fully saturated rings. The number of carbonyl (C=O) groups excluding carboxylic acids is 2. The third-order valence-electron chi connectivity index (χ3n) is 8.18. The summed E-state index contributed by atoms with van der Waals surface area (Å²) in [5.41, 5.74) is 0. The molecule has 0 bridgehead atoms. The average molecular weight is 802 g/mol. The predicted octanol–water partition coefficient (Wildman–Crippen LogP) is 11.2. The zero-order valence-electron chi connectivity index (χ0n) is 35.5. The van der Waals surface area contributed by atoms with Gasteiger partial charge in [-0.15, -0.1) is 0 Å². The highest BCUT2D eigenvalue weighted by Gasteiger charge is 2.21. The average Bonchev–Trinajstić information content (AvgIpc) is 3.15. The third kappa shape index (κ3) is 40.6. The number of allylic oxidation sites excluding steroid dienone is 16. The first-order chi connectivity index (χ1) is 27.0. The first-order valence-electron chi connectivity index (χ1n) is 21.0. The Morgan fingerprint density at radius 3 is 1.73 bits per heavy atom. The molecule has 0 heterocycles. The van der Waals surface area contributed by atoms with Gasteiger partial charge in [-0.3, -0.25) is 14.2 Å². The smallest absolute Gasteiger partial charge is 0.306 e. The molecule has 2 atom stereocenters. The monoisotopic (exact) mass is 802 g/mol. The zero-order valence-corrected chi connectivity index (χ0v) is 36.4. The number of hydrogen-bond acceptors (Lipinski definition) is 8. The second kappa shape index (κ2) is 37.5. The molecule has 0 radical (unpaired) electrons. The van der Waals surface area contributed by atoms with E-state index in [1.165, 1.54) is 19.3 Å². The van der Waals surface area contributed by atoms with Crippen LogP contribution in [-0.2, 0) is 32.7 Å². The van der Waals surface area contributed by atoms with Crippen molar-refractivity contribution in [2.75, 3.05) is 47.5 Å². The van der Waals surface area contributed by atoms with Crippen LogP contribution in [0.1, 0.15) is 129 Å². The molecule has 0 aliphatic heterocycles. The Labute approximate surface area is 341 Å². The normalized spacial score (nSPS) is 14.6. The van der Waals surface area contributed by atoms with Gasteiger partial charge in [0.1, 0.15) is 19.8 Å². The number of unbranched alkanes of at least 4 members (excludes halogenated alkanes) is 9. The van der Waals surface area contributed by atoms with Gasteiger partial charge in [0.15, 0.2) is 6.10 Å². The Morgan fingerprint density at radius 1 is 0.589 bits per heavy atom. The Morgan fingerprint density at radius 2 is 1.11 bits per heavy atom. The van der Waals surface area contributed by atoms with Crippen molar-refractivity contribution < 1.29 is 42.1 Å². The summed E-state index contributed by atoms with van der Waals surface area (Å²) in [6, 6.07) is 0. The lowest BCUT2D eigenvalue weighted by Gasteiger charge is -2.28. The van der Waals surface area contributed by atoms with Crippen molar-refractivity contribution in [3.05, 3.63) is 97.2 Å². The molecule has 0 rings (SSSR count). The molecule has 318 valence electrons. The molecule has 0 saturated heterocycles. The summed E-state index contributed by atoms with van der Waals surface area (Å²) in [6.07, 6.45) is 48.7. The number of likely N-dealkylation sites (N-methyl/N-ethyl adjacent to an activating group) is 1. The lowest BCUT2D eigenvalue weighted by molar-refractivity contribution is -0.870. The summed E-state index contributed by atoms with van der Waals surface area (Å²) in [4.78, 5) is 37.5. The molecule has 0 aliphatic carbocycles. The van der Waals surface area contributed by atoms with E-state index in [0.717, 1.165) is 64.2 Å². The molecule has 0 aromatic rings. The summed E-state index contributed by atoms with van der Waals surface area (Å²) < 4.78 is 33.7. The quantitative estimate of drug-likeness (QED) is 0.0154. The summed E-state index contributed by atoms with van der Waals surface area (Å²) in [7, 11) is 1.10. The number of hydrogen-bond donors (Lipinski definition) is 0. The van der Waals surface area contributed by atoms with E-state index in [1.807, 2.05) is 57.6 Å². The van der Waals surface area contributed by atoms with E-state index < -0.39 is 32.5 Å². The number of nitrogens with zero attached hydrogens (tertiary/aromatic N) is 1. The summed E-state index contributed by atoms with van der Waals surface area (Å²) in [6.45, 7) is 3.93. The van der Waals surface area contributed by atoms with Crippen LogP contribution < -0.4 is 4.89 Å². The van der Waals surface area contributed by atoms with Gasteiger partial charge in [-0.1, -0.05) is 143 Å². The minimum absolute atomic E-state index is 0.0511. The minimum atomic E-state index is -4.65. The Kier molecular flexibility index (Phi) is 35.4. The highest BCUT2D eigenvalue weighted by atomic mass is 31.2. The van der Waals surface area contributed by atoms with Crippen molar-refractivity contribution in [2.45, 2.75) is 136 Å². The number of rotatable bonds is 36. The fourth-order valence-corrected chi connectivity index (χ4v) is 5.62. The summed E-state index contributed by atoms with van der Waals surface area (Å²) >= 11 is 0. The predicted molar refractivity (Wildman–Crippen MR) is 231 cm³/mol. The second-order valence-corrected chi connectivity index (χ2v) is 16.1. The van der Waals surface area contributed by atoms with Crippen LogP contribution in [-0.4, -0.2) is 70.0 Å². The molecular formula is C46H76NO8P. The maximum Gasteiger partial charge on any atom is 0.306 e. The van der Waals surface area contributed by atoms with E-state index in [2.05, 4.69) is 74.6 Å². The summed E-state index contributed by atoms with van der Waals surface area (Å²) in [5, 5.41) is 0. The first kappa shape index (κ1) is 52.9. The SMILES string of the molecule is CC/C=C/C=C/C=C/C=C/CCCCCCCC(=O)OC[C@H](COP(=O)([O-])OCC[N+](C)(C)C)OC(=O)CCC/C=C/C/C=C/C/C=C/C/C=C/CCCCC. The lowest BCUT2D eigenvalue weighted by Crippen LogP contribution is -2.37. The molecule has 9 nitrogen and oxygen atoms in total. The van der Waals surface area contributed by atoms with Crippen molar-refractivity contribution in [3.8, 4) is 0 Å². The van der Waals surface area contributed by atoms with Crippen LogP contribution in [0.5, 0.6) is 0 Å². The molecule has 0 spiro atoms. The number of esters is 2. The molecule has 1 unspecified atom stereocenters. The van der Waals surface area contributed by atoms with Gasteiger partial charge in [0.25, 0.3) is 7.82 Å². The lowest BCUT2D eigenvalue weighted by atomic mass is 10.1. The highest BCUT2D eigenvalue weighted by Crippen LogP contribution is 2.38. The maximum absolute atomic E-state index is 12.6. The Hall–Kier alpha value is -3.07. The van der Waals surface area contributed by atoms with E-state index in [9.17, 15) is 19.0 Å². The van der Waals surface area contributed by atoms with Crippen molar-refractivity contribution in [1.82, 2.24) is 0 Å². The molecule has 0 amide bonds. The van der Waals surface area contributed by atoms with Gasteiger partial charge in [-0.05, 0) is 70.6 Å². The van der Waals surface area contributed by atoms with Gasteiger partial charge in [0, 0.05) is 12.8 Å². The second-order valence-electron chi connectivity index (χ2n) is 14.7. The third-order valence-corrected chi connectivity index (χ3v) is 9.15. The van der Waals surface area contributed by atoms with E-state index in [1.54, 1.807) is 0 Å². The van der Waals surface area contributed by atoms with Gasteiger partial charge < -0.3 is 27.9 Å². The van der Waals surface area contributed by atoms with E-state index >= 15 is 0 Å². The first-order valence-corrected chi connectivity index (χ1v) is 22.5. The highest BCUT2D eigenvalue weighted by molar-refractivity contribution is 7.45. The number of phosphoric ester groups is 1. The molecular weight excluding hydrogens is 725 g/mol. The van der Waals surface area contributed by atoms with Crippen LogP contribution in [0.2, 0.25) is 0 Å². The Balaban J connectivity index is 4.56. The van der Waals surface area contributed by atoms with Crippen LogP contribution in [0, 0.1) is 0 Å². The van der Waals surface area contributed by atoms with Crippen LogP contribution >= 0.6 is 7.82 Å².